The molecule has 0 spiro atoms. The second-order valence-electron chi connectivity index (χ2n) is 3.94. The minimum atomic E-state index is -0.700. The van der Waals surface area contributed by atoms with Crippen molar-refractivity contribution in [3.63, 3.8) is 0 Å². The minimum Gasteiger partial charge on any atom is -0.481 e. The molecule has 3 nitrogen and oxygen atoms in total. The molecule has 0 aromatic rings. The molecule has 0 radical (unpaired) electrons. The standard InChI is InChI=1S/C10H21NO2/c1-8(2)4-3-5-9(6-7-11)10(12)13/h8-9H,3-7,11H2,1-2H3,(H,12,13). The van der Waals surface area contributed by atoms with Gasteiger partial charge in [-0.05, 0) is 25.3 Å². The minimum absolute atomic E-state index is 0.233. The summed E-state index contributed by atoms with van der Waals surface area (Å²) < 4.78 is 0. The van der Waals surface area contributed by atoms with Crippen LogP contribution in [0.15, 0.2) is 0 Å². The number of carbonyl (C=O) groups is 1. The van der Waals surface area contributed by atoms with Gasteiger partial charge in [0.05, 0.1) is 5.92 Å². The molecule has 0 fully saturated rings. The Hall–Kier alpha value is -0.570. The molecule has 0 aromatic carbocycles. The van der Waals surface area contributed by atoms with Gasteiger partial charge in [-0.3, -0.25) is 4.79 Å². The van der Waals surface area contributed by atoms with Gasteiger partial charge in [0.25, 0.3) is 0 Å². The van der Waals surface area contributed by atoms with E-state index in [0.29, 0.717) is 18.9 Å². The highest BCUT2D eigenvalue weighted by atomic mass is 16.4. The Kier molecular flexibility index (Phi) is 6.59. The molecule has 0 aliphatic carbocycles. The van der Waals surface area contributed by atoms with Crippen molar-refractivity contribution in [3.05, 3.63) is 0 Å². The summed E-state index contributed by atoms with van der Waals surface area (Å²) in [5.41, 5.74) is 5.34. The highest BCUT2D eigenvalue weighted by Gasteiger charge is 2.15. The van der Waals surface area contributed by atoms with Crippen molar-refractivity contribution in [2.45, 2.75) is 39.5 Å². The maximum absolute atomic E-state index is 10.7. The highest BCUT2D eigenvalue weighted by molar-refractivity contribution is 5.69. The maximum Gasteiger partial charge on any atom is 0.306 e. The van der Waals surface area contributed by atoms with E-state index in [1.165, 1.54) is 0 Å². The van der Waals surface area contributed by atoms with E-state index in [4.69, 9.17) is 10.8 Å². The van der Waals surface area contributed by atoms with Crippen LogP contribution in [0.25, 0.3) is 0 Å². The summed E-state index contributed by atoms with van der Waals surface area (Å²) in [7, 11) is 0. The van der Waals surface area contributed by atoms with Crippen LogP contribution in [-0.4, -0.2) is 17.6 Å². The van der Waals surface area contributed by atoms with Crippen molar-refractivity contribution < 1.29 is 9.90 Å². The summed E-state index contributed by atoms with van der Waals surface area (Å²) >= 11 is 0. The van der Waals surface area contributed by atoms with Crippen LogP contribution in [0.1, 0.15) is 39.5 Å². The summed E-state index contributed by atoms with van der Waals surface area (Å²) in [6.07, 6.45) is 3.47. The number of nitrogens with two attached hydrogens (primary N) is 1. The lowest BCUT2D eigenvalue weighted by Gasteiger charge is -2.11. The van der Waals surface area contributed by atoms with Gasteiger partial charge in [0.15, 0.2) is 0 Å². The number of hydrogen-bond acceptors (Lipinski definition) is 2. The van der Waals surface area contributed by atoms with Crippen molar-refractivity contribution in [3.8, 4) is 0 Å². The summed E-state index contributed by atoms with van der Waals surface area (Å²) in [4.78, 5) is 10.7. The van der Waals surface area contributed by atoms with Crippen molar-refractivity contribution in [2.75, 3.05) is 6.54 Å². The maximum atomic E-state index is 10.7. The van der Waals surface area contributed by atoms with E-state index in [1.807, 2.05) is 0 Å². The monoisotopic (exact) mass is 187 g/mol. The fourth-order valence-electron chi connectivity index (χ4n) is 1.36. The Balaban J connectivity index is 3.63. The van der Waals surface area contributed by atoms with Crippen molar-refractivity contribution in [2.24, 2.45) is 17.6 Å². The predicted molar refractivity (Wildman–Crippen MR) is 53.5 cm³/mol. The van der Waals surface area contributed by atoms with E-state index in [2.05, 4.69) is 13.8 Å². The Labute approximate surface area is 80.3 Å². The van der Waals surface area contributed by atoms with E-state index in [0.717, 1.165) is 19.3 Å². The third-order valence-electron chi connectivity index (χ3n) is 2.20. The molecule has 13 heavy (non-hydrogen) atoms. The van der Waals surface area contributed by atoms with Gasteiger partial charge in [-0.1, -0.05) is 26.7 Å². The molecule has 3 N–H and O–H groups in total. The summed E-state index contributed by atoms with van der Waals surface area (Å²) in [6.45, 7) is 4.77. The lowest BCUT2D eigenvalue weighted by molar-refractivity contribution is -0.142. The molecule has 0 aromatic heterocycles. The molecule has 0 bridgehead atoms. The number of carboxylic acids is 1. The second-order valence-corrected chi connectivity index (χ2v) is 3.94. The van der Waals surface area contributed by atoms with Crippen LogP contribution in [0.5, 0.6) is 0 Å². The van der Waals surface area contributed by atoms with Crippen molar-refractivity contribution in [1.29, 1.82) is 0 Å². The molecule has 0 amide bonds. The Morgan fingerprint density at radius 3 is 2.31 bits per heavy atom. The third-order valence-corrected chi connectivity index (χ3v) is 2.20. The SMILES string of the molecule is CC(C)CCCC(CCN)C(=O)O. The van der Waals surface area contributed by atoms with Gasteiger partial charge in [-0.25, -0.2) is 0 Å². The first kappa shape index (κ1) is 12.4. The van der Waals surface area contributed by atoms with Gasteiger partial charge in [0, 0.05) is 0 Å². The fraction of sp³-hybridized carbons (Fsp3) is 0.900. The first-order valence-corrected chi connectivity index (χ1v) is 5.00. The quantitative estimate of drug-likeness (QED) is 0.639. The Morgan fingerprint density at radius 2 is 1.92 bits per heavy atom. The first-order chi connectivity index (χ1) is 6.07. The van der Waals surface area contributed by atoms with Crippen LogP contribution in [0, 0.1) is 11.8 Å². The summed E-state index contributed by atoms with van der Waals surface area (Å²) in [5.74, 6) is -0.273. The molecule has 1 atom stereocenters. The van der Waals surface area contributed by atoms with E-state index in [9.17, 15) is 4.79 Å². The largest absolute Gasteiger partial charge is 0.481 e. The predicted octanol–water partition coefficient (Wildman–Crippen LogP) is 1.86. The van der Waals surface area contributed by atoms with Gasteiger partial charge in [-0.15, -0.1) is 0 Å². The van der Waals surface area contributed by atoms with Crippen LogP contribution >= 0.6 is 0 Å². The van der Waals surface area contributed by atoms with Crippen LogP contribution in [-0.2, 0) is 4.79 Å². The molecule has 0 heterocycles. The van der Waals surface area contributed by atoms with Crippen LogP contribution in [0.4, 0.5) is 0 Å². The zero-order valence-corrected chi connectivity index (χ0v) is 8.62. The van der Waals surface area contributed by atoms with Gasteiger partial charge >= 0.3 is 5.97 Å². The normalized spacial score (nSPS) is 13.2. The molecule has 78 valence electrons. The number of carboxylic acid groups (broad SMARTS) is 1. The lowest BCUT2D eigenvalue weighted by atomic mass is 9.96. The zero-order chi connectivity index (χ0) is 10.3. The van der Waals surface area contributed by atoms with Gasteiger partial charge in [-0.2, -0.15) is 0 Å². The van der Waals surface area contributed by atoms with Crippen LogP contribution < -0.4 is 5.73 Å². The lowest BCUT2D eigenvalue weighted by Crippen LogP contribution is -2.18. The smallest absolute Gasteiger partial charge is 0.306 e. The molecule has 0 rings (SSSR count). The topological polar surface area (TPSA) is 63.3 Å². The average Bonchev–Trinajstić information content (AvgIpc) is 2.02. The third kappa shape index (κ3) is 6.58. The average molecular weight is 187 g/mol. The summed E-state index contributed by atoms with van der Waals surface area (Å²) in [6, 6.07) is 0. The van der Waals surface area contributed by atoms with E-state index < -0.39 is 5.97 Å². The fourth-order valence-corrected chi connectivity index (χ4v) is 1.36. The molecular formula is C10H21NO2. The Bertz CT molecular complexity index is 146. The van der Waals surface area contributed by atoms with E-state index >= 15 is 0 Å². The second kappa shape index (κ2) is 6.89. The van der Waals surface area contributed by atoms with Gasteiger partial charge in [0.2, 0.25) is 0 Å². The van der Waals surface area contributed by atoms with Crippen molar-refractivity contribution in [1.82, 2.24) is 0 Å². The van der Waals surface area contributed by atoms with Crippen LogP contribution in [0.3, 0.4) is 0 Å². The number of aliphatic carboxylic acids is 1. The zero-order valence-electron chi connectivity index (χ0n) is 8.62. The molecule has 0 saturated carbocycles. The molecule has 1 unspecified atom stereocenters. The van der Waals surface area contributed by atoms with E-state index in [-0.39, 0.29) is 5.92 Å². The molecule has 0 saturated heterocycles. The molecule has 0 aliphatic rings. The van der Waals surface area contributed by atoms with Crippen molar-refractivity contribution >= 4 is 5.97 Å². The van der Waals surface area contributed by atoms with Crippen LogP contribution in [0.2, 0.25) is 0 Å². The summed E-state index contributed by atoms with van der Waals surface area (Å²) in [5, 5.41) is 8.81. The number of hydrogen-bond donors (Lipinski definition) is 2. The molecule has 0 aliphatic heterocycles. The number of rotatable bonds is 7. The Morgan fingerprint density at radius 1 is 1.31 bits per heavy atom. The first-order valence-electron chi connectivity index (χ1n) is 5.00. The molecule has 3 heteroatoms. The van der Waals surface area contributed by atoms with E-state index in [1.54, 1.807) is 0 Å². The molecular weight excluding hydrogens is 166 g/mol. The van der Waals surface area contributed by atoms with Gasteiger partial charge < -0.3 is 10.8 Å². The van der Waals surface area contributed by atoms with Gasteiger partial charge in [0.1, 0.15) is 0 Å². The highest BCUT2D eigenvalue weighted by Crippen LogP contribution is 2.15.